The molecule has 0 unspecified atom stereocenters. The largest absolute Gasteiger partial charge is 0.508 e. The molecule has 95 heavy (non-hydrogen) atoms. The summed E-state index contributed by atoms with van der Waals surface area (Å²) in [4.78, 5) is 80.7. The van der Waals surface area contributed by atoms with Gasteiger partial charge >= 0.3 is 35.8 Å². The molecular weight excluding hydrogens is 1280 g/mol. The zero-order valence-corrected chi connectivity index (χ0v) is 50.7. The molecule has 3 aromatic carbocycles. The second-order valence-corrected chi connectivity index (χ2v) is 22.3. The van der Waals surface area contributed by atoms with Crippen LogP contribution in [0.5, 0.6) is 11.5 Å². The molecule has 5 saturated heterocycles. The normalized spacial score (nSPS) is 35.7. The molecule has 5 aliphatic heterocycles. The number of esters is 6. The highest BCUT2D eigenvalue weighted by molar-refractivity contribution is 5.90. The Morgan fingerprint density at radius 3 is 1.39 bits per heavy atom. The highest BCUT2D eigenvalue weighted by Crippen LogP contribution is 2.43. The maximum absolute atomic E-state index is 14.4. The van der Waals surface area contributed by atoms with E-state index in [0.29, 0.717) is 5.56 Å². The first-order valence-electron chi connectivity index (χ1n) is 29.5. The minimum atomic E-state index is -3.02. The van der Waals surface area contributed by atoms with Crippen LogP contribution in [-0.2, 0) is 95.0 Å². The van der Waals surface area contributed by atoms with Gasteiger partial charge in [0.2, 0.25) is 5.79 Å². The van der Waals surface area contributed by atoms with Crippen LogP contribution in [0.15, 0.2) is 91.0 Å². The van der Waals surface area contributed by atoms with Crippen molar-refractivity contribution in [1.82, 2.24) is 0 Å². The summed E-state index contributed by atoms with van der Waals surface area (Å²) in [7, 11) is 0. The van der Waals surface area contributed by atoms with E-state index in [1.54, 1.807) is 6.07 Å². The highest BCUT2D eigenvalue weighted by atomic mass is 16.8. The Balaban J connectivity index is 1.32. The number of hydrogen-bond acceptors (Lipinski definition) is 34. The standard InChI is InChI=1S/C61H74O34/c1-27(65)81-24-38-50(84-29(3)67)52(90-57-47(77)45(75)42(72)35(21-62)85-57)49(79)59(87-38)91-53-51(89-41(71)20-14-31-11-17-34(69)18-12-31)39(25-82-28(2)66)88-60(54(53)92-58-48(78)46(76)43(73)36(22-63)86-58)95-61(26-83-40(70)19-13-30-9-15-33(68)16-10-30)55(44(74)37(23-64)94-61)93-56(80)32-7-5-4-6-8-32/h4-20,35-39,42-55,57-60,62-64,68-69,72-79H,21-26H2,1-3H3/b19-13+,20-14+/t35-,36-,37-,38-,39-,42-,43-,44-,45+,46+,47-,48-,49-,50-,51-,52-,53+,54-,55+,57+,58+,59+,60-,61+/m1/s1. The van der Waals surface area contributed by atoms with Gasteiger partial charge in [0, 0.05) is 32.9 Å². The Hall–Kier alpha value is -7.24. The van der Waals surface area contributed by atoms with Crippen LogP contribution in [-0.4, -0.2) is 289 Å². The number of benzene rings is 3. The average Bonchev–Trinajstić information content (AvgIpc) is 1.73. The van der Waals surface area contributed by atoms with Crippen LogP contribution < -0.4 is 0 Å². The minimum absolute atomic E-state index is 0.118. The van der Waals surface area contributed by atoms with E-state index >= 15 is 0 Å². The van der Waals surface area contributed by atoms with E-state index in [1.807, 2.05) is 0 Å². The Kier molecular flexibility index (Phi) is 25.7. The monoisotopic (exact) mass is 1350 g/mol. The molecule has 5 heterocycles. The van der Waals surface area contributed by atoms with E-state index in [9.17, 15) is 95.2 Å². The van der Waals surface area contributed by atoms with Crippen molar-refractivity contribution in [2.75, 3.05) is 39.6 Å². The molecule has 522 valence electrons. The number of rotatable bonds is 25. The Morgan fingerprint density at radius 2 is 0.895 bits per heavy atom. The third-order valence-corrected chi connectivity index (χ3v) is 15.5. The predicted molar refractivity (Wildman–Crippen MR) is 307 cm³/mol. The maximum atomic E-state index is 14.4. The molecule has 3 aromatic rings. The molecule has 0 aromatic heterocycles. The Morgan fingerprint density at radius 1 is 0.442 bits per heavy atom. The zero-order valence-electron chi connectivity index (χ0n) is 50.7. The fourth-order valence-corrected chi connectivity index (χ4v) is 10.6. The first-order valence-corrected chi connectivity index (χ1v) is 29.5. The molecule has 0 aliphatic carbocycles. The van der Waals surface area contributed by atoms with Gasteiger partial charge < -0.3 is 137 Å². The van der Waals surface area contributed by atoms with Gasteiger partial charge in [-0.05, 0) is 59.7 Å². The summed E-state index contributed by atoms with van der Waals surface area (Å²) >= 11 is 0. The van der Waals surface area contributed by atoms with E-state index in [0.717, 1.165) is 32.9 Å². The van der Waals surface area contributed by atoms with Crippen molar-refractivity contribution in [3.05, 3.63) is 108 Å². The SMILES string of the molecule is CC(=O)OC[C@H]1O[C@H](O[C@]2(COC(=O)/C=C/c3ccc(O)cc3)O[C@H](CO)[C@@H](O)[C@@H]2OC(=O)c2ccccc2)[C@H](O[C@@H]2O[C@H](CO)[C@@H](O)[C@H](O)[C@H]2O)[C@@H](O[C@@H]2O[C@H](COC(C)=O)[C@@H](OC(C)=O)[C@H](O[C@@H]3O[C@H](CO)[C@@H](O)[C@H](O)[C@H]3O)[C@H]2O)[C@@H]1OC(=O)/C=C/c1ccc(O)cc1. The number of aromatic hydroxyl groups is 2. The Bertz CT molecular complexity index is 3090. The van der Waals surface area contributed by atoms with Crippen molar-refractivity contribution in [2.45, 2.75) is 168 Å². The first-order chi connectivity index (χ1) is 45.2. The van der Waals surface area contributed by atoms with Crippen LogP contribution in [0.25, 0.3) is 12.2 Å². The van der Waals surface area contributed by atoms with Crippen molar-refractivity contribution in [1.29, 1.82) is 0 Å². The lowest BCUT2D eigenvalue weighted by atomic mass is 9.95. The maximum Gasteiger partial charge on any atom is 0.338 e. The number of aliphatic hydroxyl groups is 11. The molecule has 0 spiro atoms. The summed E-state index contributed by atoms with van der Waals surface area (Å²) in [5.41, 5.74) is 0.483. The molecule has 24 atom stereocenters. The second-order valence-electron chi connectivity index (χ2n) is 22.3. The van der Waals surface area contributed by atoms with E-state index in [2.05, 4.69) is 0 Å². The molecule has 34 heteroatoms. The summed E-state index contributed by atoms with van der Waals surface area (Å²) < 4.78 is 90.1. The molecule has 8 rings (SSSR count). The van der Waals surface area contributed by atoms with E-state index < -0.39 is 222 Å². The number of ether oxygens (including phenoxy) is 15. The quantitative estimate of drug-likeness (QED) is 0.0216. The van der Waals surface area contributed by atoms with Gasteiger partial charge in [-0.1, -0.05) is 42.5 Å². The van der Waals surface area contributed by atoms with Gasteiger partial charge in [-0.2, -0.15) is 0 Å². The molecule has 13 N–H and O–H groups in total. The van der Waals surface area contributed by atoms with E-state index in [1.165, 1.54) is 84.9 Å². The van der Waals surface area contributed by atoms with Gasteiger partial charge in [-0.15, -0.1) is 0 Å². The van der Waals surface area contributed by atoms with Crippen molar-refractivity contribution >= 4 is 48.0 Å². The fourth-order valence-electron chi connectivity index (χ4n) is 10.6. The fraction of sp³-hybridized carbons (Fsp3) is 0.541. The van der Waals surface area contributed by atoms with Crippen LogP contribution >= 0.6 is 0 Å². The number of phenolic OH excluding ortho intramolecular Hbond substituents is 2. The second kappa shape index (κ2) is 33.1. The number of hydrogen-bond donors (Lipinski definition) is 13. The third-order valence-electron chi connectivity index (χ3n) is 15.5. The van der Waals surface area contributed by atoms with Gasteiger partial charge in [0.25, 0.3) is 0 Å². The molecule has 0 bridgehead atoms. The molecule has 34 nitrogen and oxygen atoms in total. The summed E-state index contributed by atoms with van der Waals surface area (Å²) in [5, 5.41) is 142. The molecule has 0 amide bonds. The average molecular weight is 1350 g/mol. The lowest BCUT2D eigenvalue weighted by Gasteiger charge is -2.51. The van der Waals surface area contributed by atoms with Crippen molar-refractivity contribution in [3.63, 3.8) is 0 Å². The molecular formula is C61H74O34. The third kappa shape index (κ3) is 18.3. The van der Waals surface area contributed by atoms with Gasteiger partial charge in [-0.3, -0.25) is 14.4 Å². The van der Waals surface area contributed by atoms with Crippen LogP contribution in [0.3, 0.4) is 0 Å². The van der Waals surface area contributed by atoms with Gasteiger partial charge in [0.15, 0.2) is 43.5 Å². The molecule has 0 saturated carbocycles. The number of phenols is 2. The topological polar surface area (TPSA) is 504 Å². The van der Waals surface area contributed by atoms with Crippen molar-refractivity contribution in [2.24, 2.45) is 0 Å². The van der Waals surface area contributed by atoms with Crippen LogP contribution in [0.2, 0.25) is 0 Å². The predicted octanol–water partition coefficient (Wildman–Crippen LogP) is -4.41. The summed E-state index contributed by atoms with van der Waals surface area (Å²) in [5.74, 6) is -10.2. The van der Waals surface area contributed by atoms with Gasteiger partial charge in [-0.25, -0.2) is 14.4 Å². The lowest BCUT2D eigenvalue weighted by molar-refractivity contribution is -0.423. The van der Waals surface area contributed by atoms with Gasteiger partial charge in [0.05, 0.1) is 25.4 Å². The molecule has 5 fully saturated rings. The minimum Gasteiger partial charge on any atom is -0.508 e. The summed E-state index contributed by atoms with van der Waals surface area (Å²) in [6, 6.07) is 17.8. The number of carbonyl (C=O) groups excluding carboxylic acids is 6. The van der Waals surface area contributed by atoms with Crippen LogP contribution in [0, 0.1) is 0 Å². The molecule has 0 radical (unpaired) electrons. The van der Waals surface area contributed by atoms with Crippen molar-refractivity contribution in [3.8, 4) is 11.5 Å². The summed E-state index contributed by atoms with van der Waals surface area (Å²) in [6.45, 7) is -3.65. The van der Waals surface area contributed by atoms with E-state index in [-0.39, 0.29) is 22.6 Å². The van der Waals surface area contributed by atoms with Crippen LogP contribution in [0.4, 0.5) is 0 Å². The van der Waals surface area contributed by atoms with E-state index in [4.69, 9.17) is 71.1 Å². The number of aliphatic hydroxyl groups excluding tert-OH is 11. The summed E-state index contributed by atoms with van der Waals surface area (Å²) in [6.07, 6.45) is -45.8. The zero-order chi connectivity index (χ0) is 69.0. The van der Waals surface area contributed by atoms with Crippen LogP contribution in [0.1, 0.15) is 42.3 Å². The molecule has 5 aliphatic rings. The Labute approximate surface area is 539 Å². The first kappa shape index (κ1) is 73.6. The van der Waals surface area contributed by atoms with Crippen molar-refractivity contribution < 1.29 is 166 Å². The highest BCUT2D eigenvalue weighted by Gasteiger charge is 2.65. The lowest BCUT2D eigenvalue weighted by Crippen LogP contribution is -2.70. The van der Waals surface area contributed by atoms with Gasteiger partial charge in [0.1, 0.15) is 129 Å². The smallest absolute Gasteiger partial charge is 0.338 e. The number of carbonyl (C=O) groups is 6.